The van der Waals surface area contributed by atoms with Gasteiger partial charge < -0.3 is 20.1 Å². The van der Waals surface area contributed by atoms with E-state index in [0.717, 1.165) is 0 Å². The third-order valence-corrected chi connectivity index (χ3v) is 6.75. The molecule has 0 saturated carbocycles. The van der Waals surface area contributed by atoms with Crippen molar-refractivity contribution in [2.75, 3.05) is 0 Å². The van der Waals surface area contributed by atoms with Crippen LogP contribution in [0.1, 0.15) is 0 Å². The van der Waals surface area contributed by atoms with Crippen molar-refractivity contribution in [1.82, 2.24) is 0 Å². The summed E-state index contributed by atoms with van der Waals surface area (Å²) in [7, 11) is -10.5. The number of hydrogen-bond donors (Lipinski definition) is 0. The first-order valence-corrected chi connectivity index (χ1v) is 7.50. The topological polar surface area (TPSA) is 177 Å². The zero-order valence-electron chi connectivity index (χ0n) is 7.08. The van der Waals surface area contributed by atoms with Gasteiger partial charge in [-0.3, -0.25) is 0 Å². The van der Waals surface area contributed by atoms with Gasteiger partial charge in [-0.15, -0.1) is 0 Å². The van der Waals surface area contributed by atoms with E-state index in [9.17, 15) is 25.9 Å². The molecule has 0 aromatic rings. The Balaban J connectivity index is -0.0000000675. The Morgan fingerprint density at radius 1 is 0.714 bits per heavy atom. The molecule has 0 unspecified atom stereocenters. The summed E-state index contributed by atoms with van der Waals surface area (Å²) >= 11 is 0. The number of hydrogen-bond acceptors (Lipinski definition) is 8. The van der Waals surface area contributed by atoms with Crippen LogP contribution in [0.2, 0.25) is 0 Å². The molecule has 0 aromatic heterocycles. The van der Waals surface area contributed by atoms with E-state index in [4.69, 9.17) is 0 Å². The second-order valence-electron chi connectivity index (χ2n) is 0.953. The smallest absolute Gasteiger partial charge is 0.160 e. The van der Waals surface area contributed by atoms with Gasteiger partial charge in [0.05, 0.1) is 0 Å². The minimum atomic E-state index is -4.71. The summed E-state index contributed by atoms with van der Waals surface area (Å²) in [5.74, 6) is 0. The Morgan fingerprint density at radius 3 is 0.929 bits per heavy atom. The normalized spacial score (nSPS) is 9.57. The third-order valence-electron chi connectivity index (χ3n) is 0.194. The van der Waals surface area contributed by atoms with Crippen LogP contribution < -0.4 is 0 Å². The standard InChI is InChI=1S/2Na.H2O6S4.2H2O/c;;1-9(2,3)7-8-10(4,5)6;;/h;;(H,1,2,3)(H,4,5,6);2*1H2/p-2. The van der Waals surface area contributed by atoms with Gasteiger partial charge >= 0.3 is 0 Å². The van der Waals surface area contributed by atoms with E-state index >= 15 is 0 Å². The van der Waals surface area contributed by atoms with Gasteiger partial charge in [0.15, 0.2) is 18.3 Å². The van der Waals surface area contributed by atoms with Crippen LogP contribution >= 0.6 is 19.7 Å². The predicted octanol–water partition coefficient (Wildman–Crippen LogP) is -3.12. The van der Waals surface area contributed by atoms with Gasteiger partial charge in [-0.25, -0.2) is 16.8 Å². The molecule has 0 fully saturated rings. The van der Waals surface area contributed by atoms with Crippen LogP contribution in [0.5, 0.6) is 0 Å². The molecule has 0 rings (SSSR count). The Labute approximate surface area is 132 Å². The van der Waals surface area contributed by atoms with Crippen LogP contribution in [0, 0.1) is 0 Å². The molecule has 14 heavy (non-hydrogen) atoms. The van der Waals surface area contributed by atoms with Crippen LogP contribution in [-0.4, -0.2) is 96.0 Å². The van der Waals surface area contributed by atoms with Crippen molar-refractivity contribution in [2.45, 2.75) is 0 Å². The first-order valence-electron chi connectivity index (χ1n) is 1.50. The maximum atomic E-state index is 9.66. The Bertz CT molecular complexity index is 255. The van der Waals surface area contributed by atoms with Crippen molar-refractivity contribution in [3.05, 3.63) is 0 Å². The minimum absolute atomic E-state index is 0. The van der Waals surface area contributed by atoms with E-state index in [2.05, 4.69) is 0 Å². The number of rotatable bonds is 3. The van der Waals surface area contributed by atoms with E-state index in [1.807, 2.05) is 0 Å². The van der Waals surface area contributed by atoms with Crippen molar-refractivity contribution in [2.24, 2.45) is 0 Å². The van der Waals surface area contributed by atoms with Crippen LogP contribution in [0.4, 0.5) is 0 Å². The van der Waals surface area contributed by atoms with Crippen molar-refractivity contribution in [1.29, 1.82) is 0 Å². The monoisotopic (exact) mass is 306 g/mol. The maximum absolute atomic E-state index is 9.66. The predicted molar refractivity (Wildman–Crippen MR) is 53.3 cm³/mol. The summed E-state index contributed by atoms with van der Waals surface area (Å²) in [5.41, 5.74) is 0. The molecule has 0 aliphatic heterocycles. The molecule has 0 bridgehead atoms. The summed E-state index contributed by atoms with van der Waals surface area (Å²) in [6.07, 6.45) is 0. The average Bonchev–Trinajstić information content (AvgIpc) is 1.57. The molecular weight excluding hydrogens is 302 g/mol. The average molecular weight is 306 g/mol. The van der Waals surface area contributed by atoms with E-state index in [1.54, 1.807) is 0 Å². The maximum Gasteiger partial charge on any atom is 0.160 e. The van der Waals surface area contributed by atoms with Crippen molar-refractivity contribution in [3.8, 4) is 0 Å². The molecule has 0 aliphatic carbocycles. The summed E-state index contributed by atoms with van der Waals surface area (Å²) in [4.78, 5) is 0. The Kier molecular flexibility index (Phi) is 25.5. The zero-order valence-corrected chi connectivity index (χ0v) is 14.3. The molecule has 0 aliphatic rings. The van der Waals surface area contributed by atoms with Gasteiger partial charge in [0, 0.05) is 78.8 Å². The summed E-state index contributed by atoms with van der Waals surface area (Å²) in [6.45, 7) is 0. The molecule has 0 spiro atoms. The molecule has 0 aromatic carbocycles. The summed E-state index contributed by atoms with van der Waals surface area (Å²) < 4.78 is 58.0. The molecule has 4 N–H and O–H groups in total. The first kappa shape index (κ1) is 29.9. The Hall–Kier alpha value is 2.44. The van der Waals surface area contributed by atoms with E-state index in [0.29, 0.717) is 0 Å². The fourth-order valence-corrected chi connectivity index (χ4v) is 5.51. The second-order valence-corrected chi connectivity index (χ2v) is 8.57. The van der Waals surface area contributed by atoms with E-state index in [1.165, 1.54) is 0 Å². The van der Waals surface area contributed by atoms with Gasteiger partial charge in [-0.1, -0.05) is 0 Å². The second kappa shape index (κ2) is 11.9. The van der Waals surface area contributed by atoms with Crippen molar-refractivity contribution < 1.29 is 36.9 Å². The van der Waals surface area contributed by atoms with E-state index < -0.39 is 38.0 Å². The minimum Gasteiger partial charge on any atom is -0.739 e. The molecule has 8 nitrogen and oxygen atoms in total. The molecule has 0 atom stereocenters. The Morgan fingerprint density at radius 2 is 0.857 bits per heavy atom. The van der Waals surface area contributed by atoms with Gasteiger partial charge in [-0.2, -0.15) is 0 Å². The quantitative estimate of drug-likeness (QED) is 0.298. The summed E-state index contributed by atoms with van der Waals surface area (Å²) in [6, 6.07) is 0. The third kappa shape index (κ3) is 29.3. The molecule has 80 valence electrons. The molecule has 0 saturated heterocycles. The summed E-state index contributed by atoms with van der Waals surface area (Å²) in [5, 5.41) is 0. The van der Waals surface area contributed by atoms with Gasteiger partial charge in [0.25, 0.3) is 0 Å². The van der Waals surface area contributed by atoms with Crippen LogP contribution in [-0.2, 0) is 18.3 Å². The molecular formula is H4Na2O8S4-2. The zero-order chi connectivity index (χ0) is 8.41. The molecule has 2 radical (unpaired) electrons. The first-order chi connectivity index (χ1) is 4.21. The van der Waals surface area contributed by atoms with Crippen LogP contribution in [0.25, 0.3) is 0 Å². The molecule has 0 heterocycles. The fourth-order valence-electron chi connectivity index (χ4n) is 0.0680. The largest absolute Gasteiger partial charge is 0.739 e. The van der Waals surface area contributed by atoms with Gasteiger partial charge in [0.1, 0.15) is 0 Å². The van der Waals surface area contributed by atoms with Crippen molar-refractivity contribution >= 4 is 97.1 Å². The van der Waals surface area contributed by atoms with E-state index in [-0.39, 0.29) is 70.1 Å². The SMILES string of the molecule is O.O.O=S(=O)([O-])SSS(=O)(=O)[O-].[Na].[Na]. The van der Waals surface area contributed by atoms with Crippen molar-refractivity contribution in [3.63, 3.8) is 0 Å². The molecule has 14 heteroatoms. The van der Waals surface area contributed by atoms with Gasteiger partial charge in [-0.05, 0) is 0 Å². The fraction of sp³-hybridized carbons (Fsp3) is 0. The van der Waals surface area contributed by atoms with Gasteiger partial charge in [0.2, 0.25) is 0 Å². The van der Waals surface area contributed by atoms with Crippen LogP contribution in [0.3, 0.4) is 0 Å². The van der Waals surface area contributed by atoms with Crippen LogP contribution in [0.15, 0.2) is 0 Å². The molecule has 0 amide bonds.